The SMILES string of the molecule is O=C(O)C1(c2ccc3[nH]c(=O)[nH]c3c2)COC1. The molecule has 6 heteroatoms. The Morgan fingerprint density at radius 2 is 2.00 bits per heavy atom. The summed E-state index contributed by atoms with van der Waals surface area (Å²) >= 11 is 0. The van der Waals surface area contributed by atoms with Crippen molar-refractivity contribution in [2.45, 2.75) is 5.41 Å². The van der Waals surface area contributed by atoms with E-state index in [1.54, 1.807) is 18.2 Å². The Bertz CT molecular complexity index is 651. The van der Waals surface area contributed by atoms with Crippen LogP contribution in [0.25, 0.3) is 11.0 Å². The van der Waals surface area contributed by atoms with Crippen LogP contribution in [-0.4, -0.2) is 34.3 Å². The van der Waals surface area contributed by atoms with Gasteiger partial charge in [0.05, 0.1) is 24.2 Å². The highest BCUT2D eigenvalue weighted by Gasteiger charge is 2.47. The number of carbonyl (C=O) groups is 1. The molecule has 0 unspecified atom stereocenters. The maximum atomic E-state index is 11.3. The van der Waals surface area contributed by atoms with Gasteiger partial charge < -0.3 is 19.8 Å². The first-order valence-corrected chi connectivity index (χ1v) is 5.15. The zero-order valence-electron chi connectivity index (χ0n) is 8.82. The zero-order chi connectivity index (χ0) is 12.0. The molecular formula is C11H10N2O4. The van der Waals surface area contributed by atoms with Crippen LogP contribution in [0.5, 0.6) is 0 Å². The topological polar surface area (TPSA) is 95.2 Å². The van der Waals surface area contributed by atoms with Gasteiger partial charge in [-0.1, -0.05) is 6.07 Å². The largest absolute Gasteiger partial charge is 0.480 e. The molecule has 3 N–H and O–H groups in total. The summed E-state index contributed by atoms with van der Waals surface area (Å²) in [6, 6.07) is 5.10. The lowest BCUT2D eigenvalue weighted by Crippen LogP contribution is -2.53. The zero-order valence-corrected chi connectivity index (χ0v) is 8.82. The third-order valence-corrected chi connectivity index (χ3v) is 3.17. The monoisotopic (exact) mass is 234 g/mol. The number of benzene rings is 1. The van der Waals surface area contributed by atoms with E-state index in [0.29, 0.717) is 16.6 Å². The first kappa shape index (κ1) is 10.1. The van der Waals surface area contributed by atoms with Crippen molar-refractivity contribution >= 4 is 17.0 Å². The van der Waals surface area contributed by atoms with E-state index >= 15 is 0 Å². The van der Waals surface area contributed by atoms with Crippen LogP contribution in [0, 0.1) is 0 Å². The molecule has 0 spiro atoms. The van der Waals surface area contributed by atoms with Crippen molar-refractivity contribution < 1.29 is 14.6 Å². The predicted molar refractivity (Wildman–Crippen MR) is 59.1 cm³/mol. The summed E-state index contributed by atoms with van der Waals surface area (Å²) in [6.07, 6.45) is 0. The van der Waals surface area contributed by atoms with Gasteiger partial charge in [0.15, 0.2) is 0 Å². The third kappa shape index (κ3) is 1.31. The number of aromatic amines is 2. The number of fused-ring (bicyclic) bond motifs is 1. The number of aliphatic carboxylic acids is 1. The molecule has 3 rings (SSSR count). The molecule has 17 heavy (non-hydrogen) atoms. The summed E-state index contributed by atoms with van der Waals surface area (Å²) in [5.41, 5.74) is 0.660. The van der Waals surface area contributed by atoms with Gasteiger partial charge in [-0.2, -0.15) is 0 Å². The summed E-state index contributed by atoms with van der Waals surface area (Å²) in [7, 11) is 0. The molecule has 1 saturated heterocycles. The van der Waals surface area contributed by atoms with E-state index in [1.807, 2.05) is 0 Å². The minimum atomic E-state index is -0.970. The van der Waals surface area contributed by atoms with E-state index in [2.05, 4.69) is 9.97 Å². The number of hydrogen-bond donors (Lipinski definition) is 3. The van der Waals surface area contributed by atoms with Gasteiger partial charge >= 0.3 is 11.7 Å². The summed E-state index contributed by atoms with van der Waals surface area (Å²) in [5.74, 6) is -0.902. The van der Waals surface area contributed by atoms with Crippen molar-refractivity contribution in [2.75, 3.05) is 13.2 Å². The van der Waals surface area contributed by atoms with Crippen LogP contribution >= 0.6 is 0 Å². The lowest BCUT2D eigenvalue weighted by atomic mass is 9.78. The van der Waals surface area contributed by atoms with Gasteiger partial charge in [-0.15, -0.1) is 0 Å². The lowest BCUT2D eigenvalue weighted by molar-refractivity contribution is -0.163. The Hall–Kier alpha value is -2.08. The molecule has 2 aromatic rings. The Labute approximate surface area is 95.2 Å². The predicted octanol–water partition coefficient (Wildman–Crippen LogP) is 0.209. The molecule has 6 nitrogen and oxygen atoms in total. The second-order valence-corrected chi connectivity index (χ2v) is 4.22. The standard InChI is InChI=1S/C11H10N2O4/c14-9(15)11(4-17-5-11)6-1-2-7-8(3-6)13-10(16)12-7/h1-3H,4-5H2,(H,14,15)(H2,12,13,16). The fourth-order valence-corrected chi connectivity index (χ4v) is 2.05. The minimum absolute atomic E-state index is 0.169. The molecule has 0 radical (unpaired) electrons. The average molecular weight is 234 g/mol. The second kappa shape index (κ2) is 3.21. The third-order valence-electron chi connectivity index (χ3n) is 3.17. The molecule has 1 aliphatic rings. The van der Waals surface area contributed by atoms with Crippen molar-refractivity contribution in [3.8, 4) is 0 Å². The number of ether oxygens (including phenoxy) is 1. The summed E-state index contributed by atoms with van der Waals surface area (Å²) in [6.45, 7) is 0.338. The van der Waals surface area contributed by atoms with Gasteiger partial charge in [0.2, 0.25) is 0 Å². The number of carboxylic acid groups (broad SMARTS) is 1. The van der Waals surface area contributed by atoms with Gasteiger partial charge in [-0.05, 0) is 17.7 Å². The van der Waals surface area contributed by atoms with Crippen LogP contribution in [0.2, 0.25) is 0 Å². The van der Waals surface area contributed by atoms with E-state index < -0.39 is 11.4 Å². The van der Waals surface area contributed by atoms with Gasteiger partial charge in [0.25, 0.3) is 0 Å². The van der Waals surface area contributed by atoms with E-state index in [4.69, 9.17) is 4.74 Å². The van der Waals surface area contributed by atoms with Crippen LogP contribution in [-0.2, 0) is 14.9 Å². The quantitative estimate of drug-likeness (QED) is 0.692. The van der Waals surface area contributed by atoms with Crippen LogP contribution in [0.1, 0.15) is 5.56 Å². The van der Waals surface area contributed by atoms with E-state index in [9.17, 15) is 14.7 Å². The molecule has 1 aliphatic heterocycles. The normalized spacial score (nSPS) is 17.9. The first-order chi connectivity index (χ1) is 8.12. The Kier molecular flexibility index (Phi) is 1.90. The van der Waals surface area contributed by atoms with Gasteiger partial charge in [0, 0.05) is 0 Å². The molecule has 0 atom stereocenters. The molecule has 1 aromatic carbocycles. The van der Waals surface area contributed by atoms with Crippen molar-refractivity contribution in [1.82, 2.24) is 9.97 Å². The molecule has 0 bridgehead atoms. The number of H-pyrrole nitrogens is 2. The average Bonchev–Trinajstić information content (AvgIpc) is 2.54. The number of rotatable bonds is 2. The maximum Gasteiger partial charge on any atom is 0.323 e. The van der Waals surface area contributed by atoms with Gasteiger partial charge in [-0.3, -0.25) is 4.79 Å². The van der Waals surface area contributed by atoms with Crippen molar-refractivity contribution in [3.05, 3.63) is 34.2 Å². The van der Waals surface area contributed by atoms with Crippen LogP contribution in [0.3, 0.4) is 0 Å². The first-order valence-electron chi connectivity index (χ1n) is 5.15. The highest BCUT2D eigenvalue weighted by Crippen LogP contribution is 2.33. The Morgan fingerprint density at radius 1 is 1.29 bits per heavy atom. The number of aromatic nitrogens is 2. The minimum Gasteiger partial charge on any atom is -0.480 e. The number of nitrogens with one attached hydrogen (secondary N) is 2. The van der Waals surface area contributed by atoms with Gasteiger partial charge in [0.1, 0.15) is 5.41 Å². The number of carboxylic acids is 1. The summed E-state index contributed by atoms with van der Waals surface area (Å²) < 4.78 is 5.01. The molecule has 1 fully saturated rings. The van der Waals surface area contributed by atoms with Gasteiger partial charge in [-0.25, -0.2) is 4.79 Å². The van der Waals surface area contributed by atoms with E-state index in [-0.39, 0.29) is 18.9 Å². The summed E-state index contributed by atoms with van der Waals surface area (Å²) in [4.78, 5) is 27.6. The highest BCUT2D eigenvalue weighted by atomic mass is 16.5. The number of imidazole rings is 1. The maximum absolute atomic E-state index is 11.3. The summed E-state index contributed by atoms with van der Waals surface area (Å²) in [5, 5.41) is 9.25. The second-order valence-electron chi connectivity index (χ2n) is 4.22. The van der Waals surface area contributed by atoms with Crippen molar-refractivity contribution in [3.63, 3.8) is 0 Å². The molecule has 0 aliphatic carbocycles. The molecule has 0 amide bonds. The molecule has 1 aromatic heterocycles. The molecular weight excluding hydrogens is 224 g/mol. The number of hydrogen-bond acceptors (Lipinski definition) is 3. The smallest absolute Gasteiger partial charge is 0.323 e. The van der Waals surface area contributed by atoms with Crippen LogP contribution in [0.15, 0.2) is 23.0 Å². The van der Waals surface area contributed by atoms with Crippen molar-refractivity contribution in [1.29, 1.82) is 0 Å². The highest BCUT2D eigenvalue weighted by molar-refractivity contribution is 5.85. The fraction of sp³-hybridized carbons (Fsp3) is 0.273. The van der Waals surface area contributed by atoms with Crippen molar-refractivity contribution in [2.24, 2.45) is 0 Å². The van der Waals surface area contributed by atoms with Crippen LogP contribution < -0.4 is 5.69 Å². The fourth-order valence-electron chi connectivity index (χ4n) is 2.05. The Balaban J connectivity index is 2.17. The van der Waals surface area contributed by atoms with Crippen LogP contribution in [0.4, 0.5) is 0 Å². The van der Waals surface area contributed by atoms with E-state index in [0.717, 1.165) is 0 Å². The van der Waals surface area contributed by atoms with E-state index in [1.165, 1.54) is 0 Å². The molecule has 88 valence electrons. The Morgan fingerprint density at radius 3 is 2.59 bits per heavy atom. The lowest BCUT2D eigenvalue weighted by Gasteiger charge is -2.37. The molecule has 0 saturated carbocycles. The molecule has 2 heterocycles.